The minimum atomic E-state index is 0.480. The Morgan fingerprint density at radius 2 is 2.05 bits per heavy atom. The van der Waals surface area contributed by atoms with E-state index in [2.05, 4.69) is 20.6 Å². The molecular formula is C14H15N5O. The van der Waals surface area contributed by atoms with Crippen molar-refractivity contribution in [1.29, 1.82) is 5.26 Å². The summed E-state index contributed by atoms with van der Waals surface area (Å²) in [4.78, 5) is 8.37. The maximum absolute atomic E-state index is 8.61. The molecule has 0 saturated carbocycles. The monoisotopic (exact) mass is 269 g/mol. The lowest BCUT2D eigenvalue weighted by atomic mass is 10.2. The maximum atomic E-state index is 8.61. The van der Waals surface area contributed by atoms with Gasteiger partial charge in [0, 0.05) is 12.6 Å². The first-order chi connectivity index (χ1) is 9.71. The van der Waals surface area contributed by atoms with Gasteiger partial charge >= 0.3 is 0 Å². The quantitative estimate of drug-likeness (QED) is 0.640. The second kappa shape index (κ2) is 6.38. The molecule has 0 amide bonds. The zero-order valence-electron chi connectivity index (χ0n) is 11.3. The number of aromatic nitrogens is 2. The third-order valence-corrected chi connectivity index (χ3v) is 2.63. The lowest BCUT2D eigenvalue weighted by Gasteiger charge is -2.08. The molecule has 20 heavy (non-hydrogen) atoms. The second-order valence-electron chi connectivity index (χ2n) is 4.13. The van der Waals surface area contributed by atoms with E-state index in [4.69, 9.17) is 10.00 Å². The van der Waals surface area contributed by atoms with Crippen LogP contribution in [-0.2, 0) is 6.54 Å². The molecule has 0 aliphatic heterocycles. The van der Waals surface area contributed by atoms with Crippen LogP contribution in [0.25, 0.3) is 0 Å². The molecule has 1 aromatic heterocycles. The molecule has 2 aromatic rings. The van der Waals surface area contributed by atoms with Crippen LogP contribution in [0.2, 0.25) is 0 Å². The SMILES string of the molecule is COc1cccc(CNc2cc(NC#N)nc(C)n2)c1. The predicted molar refractivity (Wildman–Crippen MR) is 76.3 cm³/mol. The first kappa shape index (κ1) is 13.6. The first-order valence-electron chi connectivity index (χ1n) is 6.09. The van der Waals surface area contributed by atoms with Crippen LogP contribution in [0, 0.1) is 18.4 Å². The van der Waals surface area contributed by atoms with Crippen molar-refractivity contribution in [3.8, 4) is 11.9 Å². The van der Waals surface area contributed by atoms with Gasteiger partial charge in [-0.3, -0.25) is 5.32 Å². The van der Waals surface area contributed by atoms with Gasteiger partial charge in [-0.25, -0.2) is 9.97 Å². The highest BCUT2D eigenvalue weighted by molar-refractivity contribution is 5.49. The van der Waals surface area contributed by atoms with E-state index >= 15 is 0 Å². The zero-order valence-corrected chi connectivity index (χ0v) is 11.3. The fraction of sp³-hybridized carbons (Fsp3) is 0.214. The van der Waals surface area contributed by atoms with Gasteiger partial charge in [0.05, 0.1) is 7.11 Å². The molecule has 0 bridgehead atoms. The number of anilines is 2. The fourth-order valence-electron chi connectivity index (χ4n) is 1.75. The van der Waals surface area contributed by atoms with E-state index in [1.165, 1.54) is 0 Å². The summed E-state index contributed by atoms with van der Waals surface area (Å²) in [6, 6.07) is 9.47. The van der Waals surface area contributed by atoms with E-state index in [9.17, 15) is 0 Å². The van der Waals surface area contributed by atoms with Crippen LogP contribution in [0.5, 0.6) is 5.75 Å². The van der Waals surface area contributed by atoms with Crippen molar-refractivity contribution in [3.63, 3.8) is 0 Å². The minimum absolute atomic E-state index is 0.480. The summed E-state index contributed by atoms with van der Waals surface area (Å²) < 4.78 is 5.18. The number of ether oxygens (including phenoxy) is 1. The Hall–Kier alpha value is -2.81. The Kier molecular flexibility index (Phi) is 4.35. The van der Waals surface area contributed by atoms with E-state index in [1.807, 2.05) is 30.5 Å². The summed E-state index contributed by atoms with van der Waals surface area (Å²) in [6.45, 7) is 2.39. The van der Waals surface area contributed by atoms with Crippen LogP contribution >= 0.6 is 0 Å². The zero-order chi connectivity index (χ0) is 14.4. The summed E-state index contributed by atoms with van der Waals surface area (Å²) >= 11 is 0. The van der Waals surface area contributed by atoms with Gasteiger partial charge in [-0.2, -0.15) is 5.26 Å². The Labute approximate surface area is 117 Å². The fourth-order valence-corrected chi connectivity index (χ4v) is 1.75. The van der Waals surface area contributed by atoms with Gasteiger partial charge in [0.1, 0.15) is 23.2 Å². The number of nitrogens with one attached hydrogen (secondary N) is 2. The van der Waals surface area contributed by atoms with Crippen LogP contribution < -0.4 is 15.4 Å². The second-order valence-corrected chi connectivity index (χ2v) is 4.13. The molecule has 6 heteroatoms. The highest BCUT2D eigenvalue weighted by Crippen LogP contribution is 2.15. The number of hydrogen-bond donors (Lipinski definition) is 2. The molecule has 1 heterocycles. The molecule has 2 rings (SSSR count). The standard InChI is InChI=1S/C14H15N5O/c1-10-18-13(7-14(19-10)17-9-15)16-8-11-4-3-5-12(6-11)20-2/h3-7H,8H2,1-2H3,(H2,16,17,18,19). The van der Waals surface area contributed by atoms with Crippen LogP contribution in [-0.4, -0.2) is 17.1 Å². The molecular weight excluding hydrogens is 254 g/mol. The van der Waals surface area contributed by atoms with Crippen molar-refractivity contribution < 1.29 is 4.74 Å². The highest BCUT2D eigenvalue weighted by Gasteiger charge is 2.02. The number of benzene rings is 1. The average molecular weight is 269 g/mol. The summed E-state index contributed by atoms with van der Waals surface area (Å²) in [5, 5.41) is 14.3. The Morgan fingerprint density at radius 1 is 1.25 bits per heavy atom. The van der Waals surface area contributed by atoms with Crippen molar-refractivity contribution in [2.45, 2.75) is 13.5 Å². The average Bonchev–Trinajstić information content (AvgIpc) is 2.45. The van der Waals surface area contributed by atoms with Gasteiger partial charge < -0.3 is 10.1 Å². The van der Waals surface area contributed by atoms with E-state index in [0.717, 1.165) is 11.3 Å². The Morgan fingerprint density at radius 3 is 2.80 bits per heavy atom. The molecule has 0 aliphatic rings. The van der Waals surface area contributed by atoms with Crippen molar-refractivity contribution in [1.82, 2.24) is 9.97 Å². The van der Waals surface area contributed by atoms with Crippen LogP contribution in [0.1, 0.15) is 11.4 Å². The lowest BCUT2D eigenvalue weighted by molar-refractivity contribution is 0.414. The normalized spacial score (nSPS) is 9.65. The third-order valence-electron chi connectivity index (χ3n) is 2.63. The molecule has 102 valence electrons. The van der Waals surface area contributed by atoms with Crippen molar-refractivity contribution in [2.75, 3.05) is 17.7 Å². The van der Waals surface area contributed by atoms with Gasteiger partial charge in [0.2, 0.25) is 0 Å². The number of hydrogen-bond acceptors (Lipinski definition) is 6. The Balaban J connectivity index is 2.08. The Bertz CT molecular complexity index is 636. The predicted octanol–water partition coefficient (Wildman–Crippen LogP) is 2.30. The highest BCUT2D eigenvalue weighted by atomic mass is 16.5. The lowest BCUT2D eigenvalue weighted by Crippen LogP contribution is -2.05. The number of nitriles is 1. The van der Waals surface area contributed by atoms with E-state index in [1.54, 1.807) is 20.1 Å². The van der Waals surface area contributed by atoms with Crippen molar-refractivity contribution in [2.24, 2.45) is 0 Å². The molecule has 0 radical (unpaired) electrons. The van der Waals surface area contributed by atoms with Gasteiger partial charge in [-0.1, -0.05) is 12.1 Å². The molecule has 6 nitrogen and oxygen atoms in total. The summed E-state index contributed by atoms with van der Waals surface area (Å²) in [6.07, 6.45) is 1.84. The molecule has 0 atom stereocenters. The van der Waals surface area contributed by atoms with Crippen LogP contribution in [0.4, 0.5) is 11.6 Å². The number of aryl methyl sites for hydroxylation is 1. The number of nitrogens with zero attached hydrogens (tertiary/aromatic N) is 3. The molecule has 2 N–H and O–H groups in total. The molecule has 0 saturated heterocycles. The largest absolute Gasteiger partial charge is 0.497 e. The van der Waals surface area contributed by atoms with Gasteiger partial charge in [0.25, 0.3) is 0 Å². The number of methoxy groups -OCH3 is 1. The van der Waals surface area contributed by atoms with Crippen molar-refractivity contribution >= 4 is 11.6 Å². The van der Waals surface area contributed by atoms with E-state index in [0.29, 0.717) is 24.0 Å². The summed E-state index contributed by atoms with van der Waals surface area (Å²) in [5.74, 6) is 2.56. The van der Waals surface area contributed by atoms with Crippen molar-refractivity contribution in [3.05, 3.63) is 41.7 Å². The third kappa shape index (κ3) is 3.59. The molecule has 0 fully saturated rings. The van der Waals surface area contributed by atoms with Gasteiger partial charge in [-0.15, -0.1) is 0 Å². The smallest absolute Gasteiger partial charge is 0.182 e. The topological polar surface area (TPSA) is 82.9 Å². The van der Waals surface area contributed by atoms with Crippen LogP contribution in [0.3, 0.4) is 0 Å². The molecule has 0 aliphatic carbocycles. The molecule has 0 spiro atoms. The summed E-state index contributed by atoms with van der Waals surface area (Å²) in [5.41, 5.74) is 1.08. The van der Waals surface area contributed by atoms with Gasteiger partial charge in [0.15, 0.2) is 6.19 Å². The first-order valence-corrected chi connectivity index (χ1v) is 6.09. The van der Waals surface area contributed by atoms with E-state index < -0.39 is 0 Å². The summed E-state index contributed by atoms with van der Waals surface area (Å²) in [7, 11) is 1.64. The minimum Gasteiger partial charge on any atom is -0.497 e. The van der Waals surface area contributed by atoms with E-state index in [-0.39, 0.29) is 0 Å². The molecule has 1 aromatic carbocycles. The maximum Gasteiger partial charge on any atom is 0.182 e. The molecule has 0 unspecified atom stereocenters. The van der Waals surface area contributed by atoms with Crippen LogP contribution in [0.15, 0.2) is 30.3 Å². The van der Waals surface area contributed by atoms with Gasteiger partial charge in [-0.05, 0) is 24.6 Å². The number of rotatable bonds is 5.